The van der Waals surface area contributed by atoms with Gasteiger partial charge in [-0.2, -0.15) is 0 Å². The number of aliphatic carboxylic acids is 1. The normalized spacial score (nSPS) is 24.6. The molecule has 1 saturated heterocycles. The monoisotopic (exact) mass is 549 g/mol. The number of aromatic nitrogens is 2. The number of benzene rings is 1. The third-order valence-electron chi connectivity index (χ3n) is 7.06. The lowest BCUT2D eigenvalue weighted by molar-refractivity contribution is -0.184. The van der Waals surface area contributed by atoms with Crippen LogP contribution >= 0.6 is 11.3 Å². The Morgan fingerprint density at radius 1 is 1.28 bits per heavy atom. The predicted octanol–water partition coefficient (Wildman–Crippen LogP) is 3.21. The molecule has 0 saturated carbocycles. The summed E-state index contributed by atoms with van der Waals surface area (Å²) >= 11 is 1.51. The minimum absolute atomic E-state index is 0.189. The molecule has 0 aliphatic carbocycles. The Bertz CT molecular complexity index is 1410. The maximum atomic E-state index is 13.2. The van der Waals surface area contributed by atoms with Gasteiger partial charge in [-0.25, -0.2) is 19.6 Å². The number of carboxylic acid groups (broad SMARTS) is 1. The summed E-state index contributed by atoms with van der Waals surface area (Å²) in [5.41, 5.74) is 3.24. The Morgan fingerprint density at radius 3 is 2.90 bits per heavy atom. The predicted molar refractivity (Wildman–Crippen MR) is 151 cm³/mol. The first-order valence-corrected chi connectivity index (χ1v) is 13.8. The second kappa shape index (κ2) is 11.1. The number of hydrogen-bond donors (Lipinski definition) is 4. The summed E-state index contributed by atoms with van der Waals surface area (Å²) in [5, 5.41) is 19.7. The van der Waals surface area contributed by atoms with Gasteiger partial charge < -0.3 is 25.4 Å². The van der Waals surface area contributed by atoms with Crippen LogP contribution in [-0.4, -0.2) is 70.9 Å². The Hall–Kier alpha value is -3.87. The van der Waals surface area contributed by atoms with Gasteiger partial charge in [0, 0.05) is 56.0 Å². The van der Waals surface area contributed by atoms with E-state index < -0.39 is 29.3 Å². The molecular weight excluding hydrogens is 518 g/mol. The van der Waals surface area contributed by atoms with Crippen molar-refractivity contribution in [1.29, 1.82) is 0 Å². The lowest BCUT2D eigenvalue weighted by Crippen LogP contribution is -2.74. The quantitative estimate of drug-likeness (QED) is 0.336. The molecule has 12 heteroatoms. The van der Waals surface area contributed by atoms with Gasteiger partial charge in [0.1, 0.15) is 0 Å². The molecule has 3 aromatic rings. The Balaban J connectivity index is 1.73. The number of carboxylic acids is 1. The van der Waals surface area contributed by atoms with Crippen LogP contribution in [0.4, 0.5) is 10.5 Å². The Labute approximate surface area is 230 Å². The van der Waals surface area contributed by atoms with Crippen molar-refractivity contribution in [1.82, 2.24) is 25.9 Å². The zero-order valence-electron chi connectivity index (χ0n) is 21.8. The van der Waals surface area contributed by atoms with E-state index >= 15 is 0 Å². The van der Waals surface area contributed by atoms with E-state index in [0.29, 0.717) is 18.8 Å². The maximum Gasteiger partial charge on any atom is 0.336 e. The van der Waals surface area contributed by atoms with Crippen molar-refractivity contribution in [2.24, 2.45) is 10.9 Å². The molecule has 39 heavy (non-hydrogen) atoms. The van der Waals surface area contributed by atoms with Crippen LogP contribution < -0.4 is 20.9 Å². The number of nitrogens with one attached hydrogen (secondary N) is 3. The highest BCUT2D eigenvalue weighted by molar-refractivity contribution is 7.17. The number of carbonyl (C=O) groups is 2. The number of rotatable bonds is 8. The SMILES string of the molecule is CCNC(=O)NC1(C2CNCCC2(OCC)C(=O)O)N=CC=CN1c1cc(-c2ccccn2)c2scnc2c1. The topological polar surface area (TPSA) is 141 Å². The van der Waals surface area contributed by atoms with Gasteiger partial charge in [-0.05, 0) is 50.7 Å². The zero-order chi connectivity index (χ0) is 27.5. The molecule has 3 unspecified atom stereocenters. The van der Waals surface area contributed by atoms with E-state index in [-0.39, 0.29) is 19.6 Å². The summed E-state index contributed by atoms with van der Waals surface area (Å²) in [4.78, 5) is 41.8. The van der Waals surface area contributed by atoms with Crippen molar-refractivity contribution in [3.05, 3.63) is 54.3 Å². The zero-order valence-corrected chi connectivity index (χ0v) is 22.6. The molecule has 4 heterocycles. The van der Waals surface area contributed by atoms with E-state index in [1.54, 1.807) is 37.1 Å². The Kier molecular flexibility index (Phi) is 7.60. The largest absolute Gasteiger partial charge is 0.479 e. The van der Waals surface area contributed by atoms with Gasteiger partial charge in [0.15, 0.2) is 5.60 Å². The second-order valence-corrected chi connectivity index (χ2v) is 10.1. The third kappa shape index (κ3) is 4.75. The van der Waals surface area contributed by atoms with Crippen molar-refractivity contribution in [3.8, 4) is 11.3 Å². The van der Waals surface area contributed by atoms with Gasteiger partial charge in [-0.3, -0.25) is 10.3 Å². The molecule has 1 fully saturated rings. The van der Waals surface area contributed by atoms with Crippen molar-refractivity contribution in [2.45, 2.75) is 31.7 Å². The van der Waals surface area contributed by atoms with Crippen molar-refractivity contribution < 1.29 is 19.4 Å². The van der Waals surface area contributed by atoms with Gasteiger partial charge in [-0.15, -0.1) is 11.3 Å². The highest BCUT2D eigenvalue weighted by atomic mass is 32.1. The fraction of sp³-hybridized carbons (Fsp3) is 0.370. The number of carbonyl (C=O) groups excluding carboxylic acids is 1. The molecule has 5 rings (SSSR count). The number of nitrogens with zero attached hydrogens (tertiary/aromatic N) is 4. The molecule has 1 aromatic carbocycles. The summed E-state index contributed by atoms with van der Waals surface area (Å²) in [7, 11) is 0. The minimum atomic E-state index is -1.60. The first-order chi connectivity index (χ1) is 18.9. The van der Waals surface area contributed by atoms with Crippen molar-refractivity contribution in [2.75, 3.05) is 31.1 Å². The molecule has 2 aromatic heterocycles. The second-order valence-electron chi connectivity index (χ2n) is 9.24. The molecule has 204 valence electrons. The van der Waals surface area contributed by atoms with Crippen molar-refractivity contribution >= 4 is 45.5 Å². The van der Waals surface area contributed by atoms with Crippen LogP contribution in [0.1, 0.15) is 20.3 Å². The smallest absolute Gasteiger partial charge is 0.336 e. The number of hydrogen-bond acceptors (Lipinski definition) is 9. The van der Waals surface area contributed by atoms with Crippen LogP contribution in [0.15, 0.2) is 59.3 Å². The maximum absolute atomic E-state index is 13.2. The third-order valence-corrected chi connectivity index (χ3v) is 7.94. The van der Waals surface area contributed by atoms with Crippen LogP contribution in [0.25, 0.3) is 21.5 Å². The number of anilines is 1. The van der Waals surface area contributed by atoms with Gasteiger partial charge in [0.25, 0.3) is 0 Å². The van der Waals surface area contributed by atoms with E-state index in [1.807, 2.05) is 42.2 Å². The number of amides is 2. The molecular formula is C27H31N7O4S. The summed E-state index contributed by atoms with van der Waals surface area (Å²) < 4.78 is 7.01. The standard InChI is InChI=1S/C27H31N7O4S/c1-3-29-25(37)33-27(22-16-28-12-9-26(22,24(35)36)38-4-2)32-11-7-13-34(27)18-14-19(20-8-5-6-10-30-20)23-21(15-18)31-17-39-23/h5-8,10-11,13-15,17,22,28H,3-4,9,12,16H2,1-2H3,(H,35,36)(H2,29,33,37). The number of allylic oxidation sites excluding steroid dienone is 1. The lowest BCUT2D eigenvalue weighted by Gasteiger charge is -2.53. The van der Waals surface area contributed by atoms with Gasteiger partial charge >= 0.3 is 12.0 Å². The average molecular weight is 550 g/mol. The van der Waals surface area contributed by atoms with E-state index in [4.69, 9.17) is 9.73 Å². The molecule has 3 atom stereocenters. The average Bonchev–Trinajstić information content (AvgIpc) is 3.42. The van der Waals surface area contributed by atoms with E-state index in [0.717, 1.165) is 21.5 Å². The molecule has 0 radical (unpaired) electrons. The summed E-state index contributed by atoms with van der Waals surface area (Å²) in [6.45, 7) is 4.85. The molecule has 4 N–H and O–H groups in total. The molecule has 2 aliphatic rings. The van der Waals surface area contributed by atoms with Crippen LogP contribution in [0.3, 0.4) is 0 Å². The highest BCUT2D eigenvalue weighted by Gasteiger charge is 2.61. The molecule has 2 amide bonds. The van der Waals surface area contributed by atoms with Crippen LogP contribution in [-0.2, 0) is 9.53 Å². The summed E-state index contributed by atoms with van der Waals surface area (Å²) in [6.07, 6.45) is 7.07. The van der Waals surface area contributed by atoms with Crippen molar-refractivity contribution in [3.63, 3.8) is 0 Å². The molecule has 2 aliphatic heterocycles. The number of urea groups is 1. The van der Waals surface area contributed by atoms with E-state index in [2.05, 4.69) is 25.9 Å². The van der Waals surface area contributed by atoms with Crippen LogP contribution in [0.2, 0.25) is 0 Å². The van der Waals surface area contributed by atoms with Gasteiger partial charge in [-0.1, -0.05) is 6.07 Å². The molecule has 0 spiro atoms. The molecule has 11 nitrogen and oxygen atoms in total. The fourth-order valence-corrected chi connectivity index (χ4v) is 6.22. The van der Waals surface area contributed by atoms with E-state index in [1.165, 1.54) is 11.3 Å². The highest BCUT2D eigenvalue weighted by Crippen LogP contribution is 2.44. The lowest BCUT2D eigenvalue weighted by atomic mass is 9.75. The van der Waals surface area contributed by atoms with Gasteiger partial charge in [0.2, 0.25) is 5.79 Å². The van der Waals surface area contributed by atoms with E-state index in [9.17, 15) is 14.7 Å². The number of ether oxygens (including phenoxy) is 1. The van der Waals surface area contributed by atoms with Crippen LogP contribution in [0.5, 0.6) is 0 Å². The van der Waals surface area contributed by atoms with Crippen LogP contribution in [0, 0.1) is 5.92 Å². The first-order valence-electron chi connectivity index (χ1n) is 12.9. The minimum Gasteiger partial charge on any atom is -0.479 e. The number of piperidine rings is 1. The number of thiazole rings is 1. The number of aliphatic imine (C=N–C) groups is 1. The Morgan fingerprint density at radius 2 is 2.15 bits per heavy atom. The fourth-order valence-electron chi connectivity index (χ4n) is 5.43. The summed E-state index contributed by atoms with van der Waals surface area (Å²) in [5.74, 6) is -3.45. The first kappa shape index (κ1) is 26.7. The number of pyridine rings is 1. The summed E-state index contributed by atoms with van der Waals surface area (Å²) in [6, 6.07) is 9.12. The molecule has 0 bridgehead atoms. The van der Waals surface area contributed by atoms with Gasteiger partial charge in [0.05, 0.1) is 27.3 Å². The number of fused-ring (bicyclic) bond motifs is 1.